The Bertz CT molecular complexity index is 431. The lowest BCUT2D eigenvalue weighted by atomic mass is 10.2. The SMILES string of the molecule is CC1(NC(=O)c2ccnc(NN)c2F)CC1. The molecule has 6 heteroatoms. The summed E-state index contributed by atoms with van der Waals surface area (Å²) < 4.78 is 13.7. The first-order chi connectivity index (χ1) is 7.56. The summed E-state index contributed by atoms with van der Waals surface area (Å²) in [6.45, 7) is 1.92. The number of carbonyl (C=O) groups is 1. The Morgan fingerprint density at radius 2 is 2.31 bits per heavy atom. The Morgan fingerprint density at radius 3 is 2.88 bits per heavy atom. The number of rotatable bonds is 3. The van der Waals surface area contributed by atoms with Gasteiger partial charge in [0.1, 0.15) is 0 Å². The first-order valence-corrected chi connectivity index (χ1v) is 4.99. The van der Waals surface area contributed by atoms with Crippen molar-refractivity contribution in [2.45, 2.75) is 25.3 Å². The molecule has 2 rings (SSSR count). The molecule has 0 bridgehead atoms. The highest BCUT2D eigenvalue weighted by Crippen LogP contribution is 2.34. The van der Waals surface area contributed by atoms with Crippen LogP contribution < -0.4 is 16.6 Å². The fraction of sp³-hybridized carbons (Fsp3) is 0.400. The maximum Gasteiger partial charge on any atom is 0.254 e. The molecule has 0 aromatic carbocycles. The van der Waals surface area contributed by atoms with E-state index in [2.05, 4.69) is 15.7 Å². The summed E-state index contributed by atoms with van der Waals surface area (Å²) in [7, 11) is 0. The normalized spacial score (nSPS) is 16.7. The van der Waals surface area contributed by atoms with Crippen molar-refractivity contribution in [2.75, 3.05) is 5.43 Å². The number of hydrogen-bond donors (Lipinski definition) is 3. The van der Waals surface area contributed by atoms with E-state index in [0.717, 1.165) is 12.8 Å². The predicted molar refractivity (Wildman–Crippen MR) is 57.1 cm³/mol. The molecule has 1 heterocycles. The molecule has 0 aliphatic heterocycles. The van der Waals surface area contributed by atoms with Crippen LogP contribution in [0.25, 0.3) is 0 Å². The number of nitrogens with zero attached hydrogens (tertiary/aromatic N) is 1. The van der Waals surface area contributed by atoms with E-state index in [9.17, 15) is 9.18 Å². The second kappa shape index (κ2) is 3.71. The maximum atomic E-state index is 13.7. The van der Waals surface area contributed by atoms with Gasteiger partial charge in [-0.15, -0.1) is 0 Å². The zero-order valence-electron chi connectivity index (χ0n) is 8.88. The highest BCUT2D eigenvalue weighted by atomic mass is 19.1. The number of hydrazine groups is 1. The van der Waals surface area contributed by atoms with E-state index in [4.69, 9.17) is 5.84 Å². The van der Waals surface area contributed by atoms with Gasteiger partial charge in [-0.2, -0.15) is 0 Å². The van der Waals surface area contributed by atoms with Crippen molar-refractivity contribution in [3.05, 3.63) is 23.6 Å². The van der Waals surface area contributed by atoms with Crippen LogP contribution in [-0.4, -0.2) is 16.4 Å². The van der Waals surface area contributed by atoms with Crippen molar-refractivity contribution in [3.63, 3.8) is 0 Å². The summed E-state index contributed by atoms with van der Waals surface area (Å²) in [5, 5.41) is 2.76. The second-order valence-electron chi connectivity index (χ2n) is 4.18. The molecule has 1 aromatic heterocycles. The molecule has 0 saturated heterocycles. The third-order valence-corrected chi connectivity index (χ3v) is 2.69. The molecule has 1 aliphatic carbocycles. The van der Waals surface area contributed by atoms with Crippen LogP contribution in [0, 0.1) is 5.82 Å². The molecule has 0 spiro atoms. The average Bonchev–Trinajstić information content (AvgIpc) is 2.96. The van der Waals surface area contributed by atoms with Crippen molar-refractivity contribution in [3.8, 4) is 0 Å². The van der Waals surface area contributed by atoms with Crippen molar-refractivity contribution >= 4 is 11.7 Å². The number of nitrogens with two attached hydrogens (primary N) is 1. The number of pyridine rings is 1. The van der Waals surface area contributed by atoms with E-state index in [1.807, 2.05) is 6.92 Å². The third kappa shape index (κ3) is 1.96. The van der Waals surface area contributed by atoms with Crippen molar-refractivity contribution in [1.29, 1.82) is 0 Å². The quantitative estimate of drug-likeness (QED) is 0.523. The van der Waals surface area contributed by atoms with Gasteiger partial charge in [-0.1, -0.05) is 0 Å². The Hall–Kier alpha value is -1.69. The minimum absolute atomic E-state index is 0.0453. The summed E-state index contributed by atoms with van der Waals surface area (Å²) in [6, 6.07) is 1.33. The van der Waals surface area contributed by atoms with Gasteiger partial charge in [0.25, 0.3) is 5.91 Å². The molecule has 16 heavy (non-hydrogen) atoms. The number of nitrogen functional groups attached to an aromatic ring is 1. The van der Waals surface area contributed by atoms with Crippen molar-refractivity contribution in [1.82, 2.24) is 10.3 Å². The molecule has 0 radical (unpaired) electrons. The fourth-order valence-corrected chi connectivity index (χ4v) is 1.37. The van der Waals surface area contributed by atoms with Gasteiger partial charge in [-0.05, 0) is 25.8 Å². The monoisotopic (exact) mass is 224 g/mol. The highest BCUT2D eigenvalue weighted by molar-refractivity contribution is 5.95. The molecule has 1 aromatic rings. The summed E-state index contributed by atoms with van der Waals surface area (Å²) >= 11 is 0. The smallest absolute Gasteiger partial charge is 0.254 e. The number of nitrogens with one attached hydrogen (secondary N) is 2. The van der Waals surface area contributed by atoms with Crippen LogP contribution in [0.2, 0.25) is 0 Å². The highest BCUT2D eigenvalue weighted by Gasteiger charge is 2.39. The lowest BCUT2D eigenvalue weighted by Crippen LogP contribution is -2.35. The number of hydrogen-bond acceptors (Lipinski definition) is 4. The predicted octanol–water partition coefficient (Wildman–Crippen LogP) is 0.789. The van der Waals surface area contributed by atoms with E-state index in [1.165, 1.54) is 12.3 Å². The number of anilines is 1. The lowest BCUT2D eigenvalue weighted by Gasteiger charge is -2.12. The molecule has 1 fully saturated rings. The minimum atomic E-state index is -0.730. The third-order valence-electron chi connectivity index (χ3n) is 2.69. The fourth-order valence-electron chi connectivity index (χ4n) is 1.37. The van der Waals surface area contributed by atoms with Crippen molar-refractivity contribution in [2.24, 2.45) is 5.84 Å². The summed E-state index contributed by atoms with van der Waals surface area (Å²) in [5.74, 6) is 3.78. The largest absolute Gasteiger partial charge is 0.347 e. The first kappa shape index (κ1) is 10.8. The van der Waals surface area contributed by atoms with Crippen LogP contribution in [0.5, 0.6) is 0 Å². The van der Waals surface area contributed by atoms with Gasteiger partial charge in [-0.3, -0.25) is 4.79 Å². The van der Waals surface area contributed by atoms with Crippen LogP contribution in [-0.2, 0) is 0 Å². The number of halogens is 1. The minimum Gasteiger partial charge on any atom is -0.347 e. The van der Waals surface area contributed by atoms with E-state index >= 15 is 0 Å². The van der Waals surface area contributed by atoms with E-state index in [0.29, 0.717) is 0 Å². The second-order valence-corrected chi connectivity index (χ2v) is 4.18. The number of amides is 1. The lowest BCUT2D eigenvalue weighted by molar-refractivity contribution is 0.0931. The molecule has 86 valence electrons. The Morgan fingerprint density at radius 1 is 1.62 bits per heavy atom. The Balaban J connectivity index is 2.22. The first-order valence-electron chi connectivity index (χ1n) is 4.99. The standard InChI is InChI=1S/C10H13FN4O/c1-10(3-4-10)14-9(16)6-2-5-13-8(15-12)7(6)11/h2,5H,3-4,12H2,1H3,(H,13,15)(H,14,16). The summed E-state index contributed by atoms with van der Waals surface area (Å²) in [4.78, 5) is 15.4. The zero-order valence-corrected chi connectivity index (χ0v) is 8.88. The van der Waals surface area contributed by atoms with Gasteiger partial charge in [-0.25, -0.2) is 15.2 Å². The van der Waals surface area contributed by atoms with E-state index in [1.54, 1.807) is 0 Å². The zero-order chi connectivity index (χ0) is 11.8. The molecule has 0 unspecified atom stereocenters. The van der Waals surface area contributed by atoms with Crippen LogP contribution >= 0.6 is 0 Å². The number of aromatic nitrogens is 1. The molecule has 5 nitrogen and oxygen atoms in total. The van der Waals surface area contributed by atoms with Gasteiger partial charge in [0.2, 0.25) is 0 Å². The molecule has 0 atom stereocenters. The van der Waals surface area contributed by atoms with Gasteiger partial charge < -0.3 is 10.7 Å². The Kier molecular flexibility index (Phi) is 2.51. The van der Waals surface area contributed by atoms with E-state index < -0.39 is 11.7 Å². The molecule has 1 aliphatic rings. The molecule has 1 saturated carbocycles. The molecular weight excluding hydrogens is 211 g/mol. The van der Waals surface area contributed by atoms with Crippen LogP contribution in [0.15, 0.2) is 12.3 Å². The molecule has 4 N–H and O–H groups in total. The molecular formula is C10H13FN4O. The van der Waals surface area contributed by atoms with Crippen LogP contribution in [0.1, 0.15) is 30.1 Å². The number of carbonyl (C=O) groups excluding carboxylic acids is 1. The van der Waals surface area contributed by atoms with Gasteiger partial charge in [0.05, 0.1) is 5.56 Å². The van der Waals surface area contributed by atoms with Crippen molar-refractivity contribution < 1.29 is 9.18 Å². The van der Waals surface area contributed by atoms with Crippen LogP contribution in [0.4, 0.5) is 10.2 Å². The average molecular weight is 224 g/mol. The van der Waals surface area contributed by atoms with Gasteiger partial charge >= 0.3 is 0 Å². The summed E-state index contributed by atoms with van der Waals surface area (Å²) in [6.07, 6.45) is 3.18. The molecule has 1 amide bonds. The van der Waals surface area contributed by atoms with Gasteiger partial charge in [0.15, 0.2) is 11.6 Å². The maximum absolute atomic E-state index is 13.7. The van der Waals surface area contributed by atoms with Crippen LogP contribution in [0.3, 0.4) is 0 Å². The topological polar surface area (TPSA) is 80.0 Å². The van der Waals surface area contributed by atoms with Gasteiger partial charge in [0, 0.05) is 11.7 Å². The summed E-state index contributed by atoms with van der Waals surface area (Å²) in [5.41, 5.74) is 1.88. The van der Waals surface area contributed by atoms with E-state index in [-0.39, 0.29) is 16.9 Å². The Labute approximate surface area is 92.2 Å².